The summed E-state index contributed by atoms with van der Waals surface area (Å²) in [6.07, 6.45) is -8.90. The molecule has 3 heterocycles. The summed E-state index contributed by atoms with van der Waals surface area (Å²) in [7, 11) is -4.62. The average molecular weight is 772 g/mol. The van der Waals surface area contributed by atoms with Crippen LogP contribution in [0.25, 0.3) is 0 Å². The van der Waals surface area contributed by atoms with Gasteiger partial charge in [-0.3, -0.25) is 4.98 Å². The average Bonchev–Trinajstić information content (AvgIpc) is 3.79. The molecule has 2 saturated heterocycles. The second kappa shape index (κ2) is 14.0. The van der Waals surface area contributed by atoms with Crippen LogP contribution in [0.3, 0.4) is 0 Å². The zero-order chi connectivity index (χ0) is 38.4. The molecule has 17 heteroatoms. The quantitative estimate of drug-likeness (QED) is 0.134. The summed E-state index contributed by atoms with van der Waals surface area (Å²) >= 11 is 0. The van der Waals surface area contributed by atoms with Gasteiger partial charge in [0.1, 0.15) is 22.2 Å². The molecule has 1 unspecified atom stereocenters. The van der Waals surface area contributed by atoms with Crippen LogP contribution in [0, 0.1) is 17.5 Å². The molecular formula is C36H30F9N3O4S. The predicted molar refractivity (Wildman–Crippen MR) is 171 cm³/mol. The van der Waals surface area contributed by atoms with Crippen molar-refractivity contribution in [3.05, 3.63) is 131 Å². The fourth-order valence-electron chi connectivity index (χ4n) is 7.01. The molecule has 2 amide bonds. The molecule has 2 aliphatic rings. The highest BCUT2D eigenvalue weighted by molar-refractivity contribution is 7.92. The Balaban J connectivity index is 1.38. The van der Waals surface area contributed by atoms with Gasteiger partial charge in [-0.05, 0) is 66.4 Å². The van der Waals surface area contributed by atoms with E-state index in [1.165, 1.54) is 9.80 Å². The molecule has 6 rings (SSSR count). The van der Waals surface area contributed by atoms with Crippen LogP contribution in [0.15, 0.2) is 96.2 Å². The molecule has 2 atom stereocenters. The van der Waals surface area contributed by atoms with E-state index in [1.807, 2.05) is 6.07 Å². The van der Waals surface area contributed by atoms with Gasteiger partial charge in [0.15, 0.2) is 9.84 Å². The third kappa shape index (κ3) is 6.73. The van der Waals surface area contributed by atoms with Crippen LogP contribution in [-0.2, 0) is 31.5 Å². The number of hydrogen-bond donors (Lipinski definition) is 0. The van der Waals surface area contributed by atoms with Crippen molar-refractivity contribution >= 4 is 15.9 Å². The van der Waals surface area contributed by atoms with Crippen LogP contribution >= 0.6 is 0 Å². The Labute approximate surface area is 297 Å². The minimum Gasteiger partial charge on any atom is -0.349 e. The Morgan fingerprint density at radius 2 is 1.47 bits per heavy atom. The van der Waals surface area contributed by atoms with Crippen molar-refractivity contribution in [2.75, 3.05) is 26.2 Å². The summed E-state index contributed by atoms with van der Waals surface area (Å²) in [4.78, 5) is 20.2. The molecule has 282 valence electrons. The number of ether oxygens (including phenoxy) is 1. The Morgan fingerprint density at radius 1 is 0.830 bits per heavy atom. The molecule has 0 radical (unpaired) electrons. The highest BCUT2D eigenvalue weighted by Crippen LogP contribution is 2.54. The minimum atomic E-state index is -6.23. The lowest BCUT2D eigenvalue weighted by Crippen LogP contribution is -2.56. The zero-order valence-electron chi connectivity index (χ0n) is 27.5. The number of benzene rings is 3. The number of halogens is 9. The van der Waals surface area contributed by atoms with E-state index >= 15 is 0 Å². The minimum absolute atomic E-state index is 0.0462. The normalized spacial score (nSPS) is 19.9. The predicted octanol–water partition coefficient (Wildman–Crippen LogP) is 8.02. The lowest BCUT2D eigenvalue weighted by atomic mass is 9.88. The van der Waals surface area contributed by atoms with Gasteiger partial charge in [0.25, 0.3) is 5.60 Å². The molecule has 2 fully saturated rings. The molecule has 0 aliphatic carbocycles. The van der Waals surface area contributed by atoms with Gasteiger partial charge in [-0.2, -0.15) is 26.3 Å². The first-order valence-corrected chi connectivity index (χ1v) is 17.6. The number of urea groups is 1. The van der Waals surface area contributed by atoms with Crippen LogP contribution in [0.1, 0.15) is 41.0 Å². The highest BCUT2D eigenvalue weighted by Gasteiger charge is 2.73. The third-order valence-corrected chi connectivity index (χ3v) is 12.4. The molecule has 0 N–H and O–H groups in total. The number of sulfone groups is 1. The van der Waals surface area contributed by atoms with E-state index in [0.717, 1.165) is 48.0 Å². The van der Waals surface area contributed by atoms with Gasteiger partial charge < -0.3 is 14.5 Å². The maximum Gasteiger partial charge on any atom is 0.430 e. The van der Waals surface area contributed by atoms with E-state index in [-0.39, 0.29) is 24.4 Å². The number of nitrogens with zero attached hydrogens (tertiary/aromatic N) is 3. The van der Waals surface area contributed by atoms with Crippen molar-refractivity contribution < 1.29 is 57.5 Å². The number of carbonyl (C=O) groups excluding carboxylic acids is 1. The smallest absolute Gasteiger partial charge is 0.349 e. The van der Waals surface area contributed by atoms with E-state index in [2.05, 4.69) is 9.72 Å². The number of likely N-dealkylation sites (tertiary alicyclic amines) is 2. The zero-order valence-corrected chi connectivity index (χ0v) is 28.3. The Bertz CT molecular complexity index is 2030. The first-order valence-electron chi connectivity index (χ1n) is 16.2. The Morgan fingerprint density at radius 3 is 2.06 bits per heavy atom. The van der Waals surface area contributed by atoms with E-state index in [4.69, 9.17) is 0 Å². The number of hydrogen-bond acceptors (Lipinski definition) is 5. The summed E-state index contributed by atoms with van der Waals surface area (Å²) in [6.45, 7) is -1.83. The van der Waals surface area contributed by atoms with Crippen LogP contribution < -0.4 is 0 Å². The van der Waals surface area contributed by atoms with E-state index in [1.54, 1.807) is 18.5 Å². The number of alkyl halides is 6. The lowest BCUT2D eigenvalue weighted by Gasteiger charge is -2.38. The van der Waals surface area contributed by atoms with Crippen molar-refractivity contribution in [3.8, 4) is 0 Å². The molecule has 0 bridgehead atoms. The summed E-state index contributed by atoms with van der Waals surface area (Å²) in [5.74, 6) is -3.69. The van der Waals surface area contributed by atoms with Crippen molar-refractivity contribution in [3.63, 3.8) is 0 Å². The fourth-order valence-corrected chi connectivity index (χ4v) is 9.09. The SMILES string of the molecule is O=C(N1CCC(c2cccnc2)C1)N1CC[C@](c2ccc(C(OCc3c(F)cccc3F)(C(F)(F)F)C(F)(F)F)cc2)(S(=O)(=O)c2ccc(F)cc2)C1. The lowest BCUT2D eigenvalue weighted by molar-refractivity contribution is -0.392. The largest absolute Gasteiger partial charge is 0.430 e. The Kier molecular flexibility index (Phi) is 10.0. The second-order valence-electron chi connectivity index (χ2n) is 12.9. The number of amides is 2. The number of carbonyl (C=O) groups is 1. The first kappa shape index (κ1) is 38.1. The molecule has 53 heavy (non-hydrogen) atoms. The van der Waals surface area contributed by atoms with Gasteiger partial charge in [0, 0.05) is 55.6 Å². The molecule has 0 saturated carbocycles. The van der Waals surface area contributed by atoms with Gasteiger partial charge in [-0.15, -0.1) is 0 Å². The summed E-state index contributed by atoms with van der Waals surface area (Å²) < 4.78 is 161. The van der Waals surface area contributed by atoms with Crippen LogP contribution in [0.5, 0.6) is 0 Å². The topological polar surface area (TPSA) is 79.8 Å². The standard InChI is InChI=1S/C36H30F9N3O4S/c37-27-10-12-28(13-11-27)53(50,51)33(15-18-48(22-33)32(49)47-17-14-24(20-47)23-3-2-16-46-19-23)25-6-8-26(9-7-25)34(35(40,41)42,36(43,44)45)52-21-29-30(38)4-1-5-31(29)39/h1-13,16,19,24H,14-15,17-18,20-22H2/t24?,33-/m0/s1. The summed E-state index contributed by atoms with van der Waals surface area (Å²) in [5.41, 5.74) is -7.18. The van der Waals surface area contributed by atoms with Crippen molar-refractivity contribution in [2.45, 2.75) is 53.0 Å². The second-order valence-corrected chi connectivity index (χ2v) is 15.1. The molecule has 7 nitrogen and oxygen atoms in total. The van der Waals surface area contributed by atoms with Crippen molar-refractivity contribution in [2.24, 2.45) is 0 Å². The molecule has 1 aromatic heterocycles. The number of rotatable bonds is 8. The highest BCUT2D eigenvalue weighted by atomic mass is 32.2. The summed E-state index contributed by atoms with van der Waals surface area (Å²) in [6, 6.07) is 11.2. The van der Waals surface area contributed by atoms with Gasteiger partial charge in [-0.1, -0.05) is 36.4 Å². The fraction of sp³-hybridized carbons (Fsp3) is 0.333. The monoisotopic (exact) mass is 771 g/mol. The van der Waals surface area contributed by atoms with E-state index in [9.17, 15) is 52.7 Å². The molecule has 2 aliphatic heterocycles. The van der Waals surface area contributed by atoms with E-state index in [0.29, 0.717) is 43.8 Å². The van der Waals surface area contributed by atoms with Gasteiger partial charge in [0.05, 0.1) is 11.5 Å². The number of aromatic nitrogens is 1. The van der Waals surface area contributed by atoms with Gasteiger partial charge in [0.2, 0.25) is 0 Å². The first-order chi connectivity index (χ1) is 24.9. The van der Waals surface area contributed by atoms with Gasteiger partial charge in [-0.25, -0.2) is 26.4 Å². The third-order valence-electron chi connectivity index (χ3n) is 9.87. The van der Waals surface area contributed by atoms with Crippen molar-refractivity contribution in [1.29, 1.82) is 0 Å². The van der Waals surface area contributed by atoms with Crippen LogP contribution in [0.2, 0.25) is 0 Å². The maximum absolute atomic E-state index is 14.6. The van der Waals surface area contributed by atoms with Crippen LogP contribution in [0.4, 0.5) is 44.3 Å². The molecule has 4 aromatic rings. The van der Waals surface area contributed by atoms with Crippen LogP contribution in [-0.4, -0.2) is 67.8 Å². The maximum atomic E-state index is 14.6. The van der Waals surface area contributed by atoms with E-state index < -0.39 is 85.2 Å². The van der Waals surface area contributed by atoms with Crippen molar-refractivity contribution in [1.82, 2.24) is 14.8 Å². The Hall–Kier alpha value is -4.64. The number of pyridine rings is 1. The molecular weight excluding hydrogens is 741 g/mol. The summed E-state index contributed by atoms with van der Waals surface area (Å²) in [5, 5.41) is 0. The molecule has 3 aromatic carbocycles. The molecule has 0 spiro atoms. The van der Waals surface area contributed by atoms with Gasteiger partial charge >= 0.3 is 18.4 Å².